The second-order valence-electron chi connectivity index (χ2n) is 6.41. The Hall–Kier alpha value is -2.28. The van der Waals surface area contributed by atoms with E-state index in [1.165, 1.54) is 25.5 Å². The summed E-state index contributed by atoms with van der Waals surface area (Å²) in [6.07, 6.45) is 10.6. The maximum atomic E-state index is 10.9. The normalized spacial score (nSPS) is 16.2. The van der Waals surface area contributed by atoms with Crippen LogP contribution in [0.5, 0.6) is 0 Å². The van der Waals surface area contributed by atoms with E-state index < -0.39 is 0 Å². The summed E-state index contributed by atoms with van der Waals surface area (Å²) in [6, 6.07) is 0. The quantitative estimate of drug-likeness (QED) is 0.834. The number of rotatable bonds is 6. The van der Waals surface area contributed by atoms with Gasteiger partial charge in [0, 0.05) is 31.6 Å². The van der Waals surface area contributed by atoms with Gasteiger partial charge in [0.25, 0.3) is 0 Å². The molecule has 1 aliphatic rings. The minimum absolute atomic E-state index is 0.0530. The summed E-state index contributed by atoms with van der Waals surface area (Å²) in [5, 5.41) is 2.73. The van der Waals surface area contributed by atoms with Gasteiger partial charge in [-0.3, -0.25) is 19.7 Å². The van der Waals surface area contributed by atoms with Crippen molar-refractivity contribution in [1.29, 1.82) is 0 Å². The van der Waals surface area contributed by atoms with Gasteiger partial charge in [-0.2, -0.15) is 0 Å². The van der Waals surface area contributed by atoms with Crippen molar-refractivity contribution in [3.05, 3.63) is 42.0 Å². The number of H-pyrrole nitrogens is 1. The summed E-state index contributed by atoms with van der Waals surface area (Å²) < 4.78 is 0. The van der Waals surface area contributed by atoms with E-state index in [1.807, 2.05) is 12.4 Å². The Kier molecular flexibility index (Phi) is 5.53. The number of hydrogen-bond acceptors (Lipinski definition) is 5. The van der Waals surface area contributed by atoms with Gasteiger partial charge in [0.05, 0.1) is 30.5 Å². The zero-order chi connectivity index (χ0) is 16.8. The zero-order valence-electron chi connectivity index (χ0n) is 14.0. The molecule has 2 aromatic rings. The zero-order valence-corrected chi connectivity index (χ0v) is 14.0. The van der Waals surface area contributed by atoms with Crippen molar-refractivity contribution in [1.82, 2.24) is 30.2 Å². The van der Waals surface area contributed by atoms with E-state index in [-0.39, 0.29) is 5.91 Å². The molecule has 0 atom stereocenters. The molecule has 7 nitrogen and oxygen atoms in total. The molecule has 1 amide bonds. The lowest BCUT2D eigenvalue weighted by atomic mass is 9.92. The van der Waals surface area contributed by atoms with Crippen LogP contribution in [0.2, 0.25) is 0 Å². The lowest BCUT2D eigenvalue weighted by Crippen LogP contribution is -2.34. The molecule has 0 bridgehead atoms. The van der Waals surface area contributed by atoms with E-state index in [9.17, 15) is 4.79 Å². The lowest BCUT2D eigenvalue weighted by molar-refractivity contribution is -0.119. The summed E-state index contributed by atoms with van der Waals surface area (Å²) >= 11 is 0. The Morgan fingerprint density at radius 1 is 1.25 bits per heavy atom. The van der Waals surface area contributed by atoms with E-state index in [1.54, 1.807) is 12.5 Å². The van der Waals surface area contributed by atoms with Gasteiger partial charge in [0.1, 0.15) is 0 Å². The molecular formula is C17H24N6O. The number of carbonyl (C=O) groups excluding carboxylic acids is 1. The van der Waals surface area contributed by atoms with Gasteiger partial charge >= 0.3 is 0 Å². The summed E-state index contributed by atoms with van der Waals surface area (Å²) in [5.41, 5.74) is 3.01. The number of carbonyl (C=O) groups is 1. The molecule has 0 radical (unpaired) electrons. The van der Waals surface area contributed by atoms with Gasteiger partial charge in [-0.1, -0.05) is 0 Å². The average Bonchev–Trinajstić information content (AvgIpc) is 3.09. The summed E-state index contributed by atoms with van der Waals surface area (Å²) in [6.45, 7) is 5.11. The Balaban J connectivity index is 1.43. The smallest absolute Gasteiger partial charge is 0.217 e. The largest absolute Gasteiger partial charge is 0.351 e. The number of nitrogens with one attached hydrogen (secondary N) is 2. The van der Waals surface area contributed by atoms with Crippen molar-refractivity contribution in [3.8, 4) is 0 Å². The van der Waals surface area contributed by atoms with Crippen LogP contribution in [0.3, 0.4) is 0 Å². The fourth-order valence-electron chi connectivity index (χ4n) is 3.05. The number of imidazole rings is 1. The number of amides is 1. The molecule has 1 aliphatic heterocycles. The van der Waals surface area contributed by atoms with Gasteiger partial charge in [0.15, 0.2) is 0 Å². The second-order valence-corrected chi connectivity index (χ2v) is 6.41. The fourth-order valence-corrected chi connectivity index (χ4v) is 3.05. The van der Waals surface area contributed by atoms with Gasteiger partial charge in [-0.15, -0.1) is 0 Å². The first-order valence-electron chi connectivity index (χ1n) is 8.43. The summed E-state index contributed by atoms with van der Waals surface area (Å²) in [7, 11) is 0. The van der Waals surface area contributed by atoms with Crippen molar-refractivity contribution >= 4 is 5.91 Å². The van der Waals surface area contributed by atoms with Crippen LogP contribution in [0.4, 0.5) is 0 Å². The fraction of sp³-hybridized carbons (Fsp3) is 0.529. The second kappa shape index (κ2) is 8.01. The number of likely N-dealkylation sites (tertiary alicyclic amines) is 1. The molecule has 1 fully saturated rings. The van der Waals surface area contributed by atoms with Gasteiger partial charge in [-0.25, -0.2) is 4.98 Å². The molecule has 0 aliphatic carbocycles. The number of nitrogens with zero attached hydrogens (tertiary/aromatic N) is 4. The van der Waals surface area contributed by atoms with Gasteiger partial charge < -0.3 is 10.3 Å². The van der Waals surface area contributed by atoms with Crippen LogP contribution in [0, 0.1) is 5.92 Å². The number of aromatic amines is 1. The molecule has 3 rings (SSSR count). The van der Waals surface area contributed by atoms with Crippen molar-refractivity contribution in [2.75, 3.05) is 13.1 Å². The van der Waals surface area contributed by atoms with E-state index in [0.29, 0.717) is 12.5 Å². The first-order valence-corrected chi connectivity index (χ1v) is 8.43. The third-order valence-electron chi connectivity index (χ3n) is 4.43. The Morgan fingerprint density at radius 2 is 2.00 bits per heavy atom. The highest BCUT2D eigenvalue weighted by atomic mass is 16.1. The maximum Gasteiger partial charge on any atom is 0.217 e. The Bertz CT molecular complexity index is 632. The molecule has 128 valence electrons. The first kappa shape index (κ1) is 16.6. The van der Waals surface area contributed by atoms with Crippen LogP contribution in [0.25, 0.3) is 0 Å². The van der Waals surface area contributed by atoms with E-state index in [0.717, 1.165) is 37.4 Å². The molecule has 0 unspecified atom stereocenters. The first-order chi connectivity index (χ1) is 11.7. The van der Waals surface area contributed by atoms with Gasteiger partial charge in [-0.05, 0) is 38.3 Å². The third-order valence-corrected chi connectivity index (χ3v) is 4.43. The Morgan fingerprint density at radius 3 is 2.62 bits per heavy atom. The maximum absolute atomic E-state index is 10.9. The number of hydrogen-bond donors (Lipinski definition) is 2. The van der Waals surface area contributed by atoms with Crippen LogP contribution in [-0.2, 0) is 24.3 Å². The highest BCUT2D eigenvalue weighted by Crippen LogP contribution is 2.21. The van der Waals surface area contributed by atoms with E-state index >= 15 is 0 Å². The highest BCUT2D eigenvalue weighted by molar-refractivity contribution is 5.72. The molecule has 3 heterocycles. The van der Waals surface area contributed by atoms with Crippen LogP contribution in [-0.4, -0.2) is 43.8 Å². The molecule has 2 aromatic heterocycles. The number of aromatic nitrogens is 4. The predicted octanol–water partition coefficient (Wildman–Crippen LogP) is 1.29. The van der Waals surface area contributed by atoms with E-state index in [2.05, 4.69) is 30.2 Å². The molecule has 24 heavy (non-hydrogen) atoms. The molecule has 0 saturated carbocycles. The van der Waals surface area contributed by atoms with Crippen LogP contribution in [0.15, 0.2) is 24.9 Å². The minimum atomic E-state index is -0.0530. The monoisotopic (exact) mass is 328 g/mol. The van der Waals surface area contributed by atoms with Crippen LogP contribution in [0.1, 0.15) is 36.8 Å². The van der Waals surface area contributed by atoms with Crippen molar-refractivity contribution in [2.45, 2.75) is 39.3 Å². The molecular weight excluding hydrogens is 304 g/mol. The Labute approximate surface area is 141 Å². The van der Waals surface area contributed by atoms with Crippen LogP contribution >= 0.6 is 0 Å². The minimum Gasteiger partial charge on any atom is -0.351 e. The molecule has 0 aromatic carbocycles. The van der Waals surface area contributed by atoms with Crippen LogP contribution < -0.4 is 5.32 Å². The molecule has 7 heteroatoms. The third kappa shape index (κ3) is 4.86. The molecule has 2 N–H and O–H groups in total. The standard InChI is InChI=1S/C17H24N6O/c1-13(24)19-9-16-10-20-15(8-21-16)6-14-2-4-23(5-3-14)11-17-7-18-12-22-17/h7-8,10,12,14H,2-6,9,11H2,1H3,(H,18,22)(H,19,24). The summed E-state index contributed by atoms with van der Waals surface area (Å²) in [4.78, 5) is 29.5. The lowest BCUT2D eigenvalue weighted by Gasteiger charge is -2.31. The highest BCUT2D eigenvalue weighted by Gasteiger charge is 2.20. The summed E-state index contributed by atoms with van der Waals surface area (Å²) in [5.74, 6) is 0.612. The number of piperidine rings is 1. The average molecular weight is 328 g/mol. The van der Waals surface area contributed by atoms with Crippen molar-refractivity contribution < 1.29 is 4.79 Å². The SMILES string of the molecule is CC(=O)NCc1cnc(CC2CCN(Cc3cnc[nH]3)CC2)cn1. The van der Waals surface area contributed by atoms with Gasteiger partial charge in [0.2, 0.25) is 5.91 Å². The molecule has 1 saturated heterocycles. The topological polar surface area (TPSA) is 86.8 Å². The predicted molar refractivity (Wildman–Crippen MR) is 89.8 cm³/mol. The van der Waals surface area contributed by atoms with Crippen molar-refractivity contribution in [2.24, 2.45) is 5.92 Å². The van der Waals surface area contributed by atoms with Crippen molar-refractivity contribution in [3.63, 3.8) is 0 Å². The van der Waals surface area contributed by atoms with E-state index in [4.69, 9.17) is 0 Å². The molecule has 0 spiro atoms.